The van der Waals surface area contributed by atoms with Gasteiger partial charge in [0, 0.05) is 70.4 Å². The fraction of sp³-hybridized carbons (Fsp3) is 0. The number of nitrogens with zero attached hydrogens (tertiary/aromatic N) is 5. The van der Waals surface area contributed by atoms with Gasteiger partial charge in [0.15, 0.2) is 0 Å². The van der Waals surface area contributed by atoms with Crippen molar-refractivity contribution < 1.29 is 17.7 Å². The summed E-state index contributed by atoms with van der Waals surface area (Å²) in [5.41, 5.74) is 14.0. The van der Waals surface area contributed by atoms with Crippen LogP contribution in [0.15, 0.2) is 242 Å². The molecule has 0 aliphatic heterocycles. The van der Waals surface area contributed by atoms with Crippen molar-refractivity contribution in [3.8, 4) is 34.3 Å². The van der Waals surface area contributed by atoms with Gasteiger partial charge in [-0.1, -0.05) is 146 Å². The van der Waals surface area contributed by atoms with Crippen LogP contribution in [0.5, 0.6) is 0 Å². The standard InChI is InChI=1S/C74H37N5O4/c1-76-67-66(51-25-16-24-47-43-20-5-12-29-56(43)83-74(47)51)71(77-53-26-9-2-17-40(53)44-33-36-60-63(68(44)77)48-21-6-13-30-57(48)80-60)52(39-75)72(78-54-27-10-3-18-41(54)45-34-37-61-64(69(45)78)49-22-7-14-31-58(49)81-61)73(67)79-55-28-11-4-19-42(55)46-35-38-62-65(70(46)79)50-23-8-15-32-59(50)82-62/h2-38H. The van der Waals surface area contributed by atoms with Crippen molar-refractivity contribution >= 4 is 159 Å². The first-order chi connectivity index (χ1) is 41.1. The Morgan fingerprint density at radius 2 is 0.699 bits per heavy atom. The maximum absolute atomic E-state index is 13.1. The summed E-state index contributed by atoms with van der Waals surface area (Å²) >= 11 is 0. The van der Waals surface area contributed by atoms with Crippen LogP contribution in [0, 0.1) is 17.9 Å². The number of fused-ring (bicyclic) bond motifs is 24. The molecule has 7 aromatic heterocycles. The van der Waals surface area contributed by atoms with Gasteiger partial charge in [-0.15, -0.1) is 0 Å². The number of nitriles is 1. The Bertz CT molecular complexity index is 6230. The zero-order valence-corrected chi connectivity index (χ0v) is 43.7. The minimum atomic E-state index is 0.305. The second-order valence-corrected chi connectivity index (χ2v) is 21.5. The maximum atomic E-state index is 13.1. The normalized spacial score (nSPS) is 12.3. The van der Waals surface area contributed by atoms with E-state index in [0.29, 0.717) is 67.4 Å². The van der Waals surface area contributed by atoms with E-state index in [1.807, 2.05) is 84.9 Å². The summed E-state index contributed by atoms with van der Waals surface area (Å²) in [5, 5.41) is 26.2. The second-order valence-electron chi connectivity index (χ2n) is 21.5. The zero-order valence-electron chi connectivity index (χ0n) is 43.7. The Balaban J connectivity index is 1.15. The van der Waals surface area contributed by atoms with Gasteiger partial charge >= 0.3 is 0 Å². The van der Waals surface area contributed by atoms with Crippen LogP contribution in [-0.4, -0.2) is 13.7 Å². The van der Waals surface area contributed by atoms with Crippen molar-refractivity contribution in [2.24, 2.45) is 0 Å². The lowest BCUT2D eigenvalue weighted by molar-refractivity contribution is 0.668. The van der Waals surface area contributed by atoms with Crippen LogP contribution in [0.4, 0.5) is 5.69 Å². The van der Waals surface area contributed by atoms with Gasteiger partial charge in [-0.05, 0) is 78.9 Å². The van der Waals surface area contributed by atoms with Crippen molar-refractivity contribution in [2.45, 2.75) is 0 Å². The first-order valence-electron chi connectivity index (χ1n) is 27.6. The Morgan fingerprint density at radius 1 is 0.325 bits per heavy atom. The molecule has 9 heteroatoms. The van der Waals surface area contributed by atoms with Gasteiger partial charge in [-0.3, -0.25) is 0 Å². The highest BCUT2D eigenvalue weighted by atomic mass is 16.3. The molecule has 0 amide bonds. The number of rotatable bonds is 4. The van der Waals surface area contributed by atoms with Gasteiger partial charge in [0.1, 0.15) is 56.3 Å². The fourth-order valence-corrected chi connectivity index (χ4v) is 14.3. The highest BCUT2D eigenvalue weighted by molar-refractivity contribution is 6.29. The SMILES string of the molecule is [C-]#[N+]c1c(-c2cccc3c2oc2ccccc23)c(-n2c3ccccc3c3ccc4oc5ccccc5c4c32)c(C#N)c(-n2c3ccccc3c3ccc4oc5ccccc5c4c32)c1-n1c2ccccc2c2ccc3oc4ccccc4c3c21. The number of furan rings is 4. The van der Waals surface area contributed by atoms with Gasteiger partial charge < -0.3 is 31.4 Å². The molecule has 0 spiro atoms. The van der Waals surface area contributed by atoms with Gasteiger partial charge in [0.25, 0.3) is 0 Å². The van der Waals surface area contributed by atoms with Crippen LogP contribution in [0.1, 0.15) is 5.56 Å². The Morgan fingerprint density at radius 3 is 1.14 bits per heavy atom. The summed E-state index contributed by atoms with van der Waals surface area (Å²) in [7, 11) is 0. The molecule has 0 saturated heterocycles. The monoisotopic (exact) mass is 1060 g/mol. The minimum absolute atomic E-state index is 0.305. The molecule has 0 aliphatic carbocycles. The van der Waals surface area contributed by atoms with Crippen LogP contribution < -0.4 is 0 Å². The molecule has 0 saturated carbocycles. The van der Waals surface area contributed by atoms with E-state index in [1.54, 1.807) is 0 Å². The number of aromatic nitrogens is 3. The predicted molar refractivity (Wildman–Crippen MR) is 335 cm³/mol. The summed E-state index contributed by atoms with van der Waals surface area (Å²) in [6, 6.07) is 79.4. The summed E-state index contributed by atoms with van der Waals surface area (Å²) < 4.78 is 34.1. The minimum Gasteiger partial charge on any atom is -0.456 e. The van der Waals surface area contributed by atoms with Gasteiger partial charge in [0.05, 0.1) is 72.9 Å². The van der Waals surface area contributed by atoms with Crippen molar-refractivity contribution in [1.82, 2.24) is 13.7 Å². The second kappa shape index (κ2) is 16.0. The van der Waals surface area contributed by atoms with Crippen LogP contribution in [-0.2, 0) is 0 Å². The van der Waals surface area contributed by atoms with Crippen LogP contribution >= 0.6 is 0 Å². The lowest BCUT2D eigenvalue weighted by Crippen LogP contribution is -2.12. The molecule has 7 heterocycles. The van der Waals surface area contributed by atoms with Gasteiger partial charge in [-0.2, -0.15) is 5.26 Å². The quantitative estimate of drug-likeness (QED) is 0.164. The average molecular weight is 1060 g/mol. The topological polar surface area (TPSA) is 95.5 Å². The molecule has 12 aromatic carbocycles. The number of hydrogen-bond donors (Lipinski definition) is 0. The summed E-state index contributed by atoms with van der Waals surface area (Å²) in [6.45, 7) is 10.2. The molecular weight excluding hydrogens is 1020 g/mol. The van der Waals surface area contributed by atoms with Crippen LogP contribution in [0.2, 0.25) is 0 Å². The molecule has 0 unspecified atom stereocenters. The molecule has 0 fully saturated rings. The van der Waals surface area contributed by atoms with E-state index in [-0.39, 0.29) is 0 Å². The largest absolute Gasteiger partial charge is 0.456 e. The number of benzene rings is 12. The van der Waals surface area contributed by atoms with E-state index in [1.165, 1.54) is 0 Å². The molecule has 0 aliphatic rings. The Hall–Kier alpha value is -11.8. The molecule has 19 rings (SSSR count). The lowest BCUT2D eigenvalue weighted by Gasteiger charge is -2.26. The molecular formula is C74H37N5O4. The van der Waals surface area contributed by atoms with E-state index in [9.17, 15) is 11.8 Å². The lowest BCUT2D eigenvalue weighted by atomic mass is 9.92. The fourth-order valence-electron chi connectivity index (χ4n) is 14.3. The molecule has 0 radical (unpaired) electrons. The van der Waals surface area contributed by atoms with E-state index in [0.717, 1.165) is 125 Å². The van der Waals surface area contributed by atoms with Gasteiger partial charge in [-0.25, -0.2) is 4.85 Å². The smallest absolute Gasteiger partial charge is 0.222 e. The average Bonchev–Trinajstić information content (AvgIpc) is 2.50. The third kappa shape index (κ3) is 5.57. The first-order valence-corrected chi connectivity index (χ1v) is 27.6. The molecule has 9 nitrogen and oxygen atoms in total. The molecule has 83 heavy (non-hydrogen) atoms. The number of para-hydroxylation sites is 8. The van der Waals surface area contributed by atoms with Crippen molar-refractivity contribution in [3.63, 3.8) is 0 Å². The van der Waals surface area contributed by atoms with Crippen molar-refractivity contribution in [2.75, 3.05) is 0 Å². The third-order valence-corrected chi connectivity index (χ3v) is 17.5. The number of hydrogen-bond acceptors (Lipinski definition) is 5. The van der Waals surface area contributed by atoms with Crippen LogP contribution in [0.25, 0.3) is 186 Å². The molecule has 19 aromatic rings. The van der Waals surface area contributed by atoms with E-state index in [4.69, 9.17) is 22.5 Å². The summed E-state index contributed by atoms with van der Waals surface area (Å²) in [4.78, 5) is 4.94. The summed E-state index contributed by atoms with van der Waals surface area (Å²) in [5.74, 6) is 0. The zero-order chi connectivity index (χ0) is 54.3. The van der Waals surface area contributed by atoms with Crippen molar-refractivity contribution in [3.05, 3.63) is 241 Å². The molecule has 0 N–H and O–H groups in total. The Labute approximate surface area is 468 Å². The predicted octanol–water partition coefficient (Wildman–Crippen LogP) is 20.7. The first kappa shape index (κ1) is 44.1. The van der Waals surface area contributed by atoms with Gasteiger partial charge in [0.2, 0.25) is 5.69 Å². The molecule has 382 valence electrons. The summed E-state index contributed by atoms with van der Waals surface area (Å²) in [6.07, 6.45) is 0. The van der Waals surface area contributed by atoms with Crippen LogP contribution in [0.3, 0.4) is 0 Å². The highest BCUT2D eigenvalue weighted by Crippen LogP contribution is 2.56. The Kier molecular flexibility index (Phi) is 8.48. The third-order valence-electron chi connectivity index (χ3n) is 17.5. The highest BCUT2D eigenvalue weighted by Gasteiger charge is 2.36. The van der Waals surface area contributed by atoms with Crippen molar-refractivity contribution in [1.29, 1.82) is 5.26 Å². The molecule has 0 atom stereocenters. The van der Waals surface area contributed by atoms with E-state index >= 15 is 0 Å². The maximum Gasteiger partial charge on any atom is 0.222 e. The van der Waals surface area contributed by atoms with E-state index in [2.05, 4.69) is 159 Å². The molecule has 0 bridgehead atoms. The van der Waals surface area contributed by atoms with E-state index < -0.39 is 0 Å².